The van der Waals surface area contributed by atoms with E-state index in [2.05, 4.69) is 110 Å². The van der Waals surface area contributed by atoms with Crippen molar-refractivity contribution in [2.75, 3.05) is 24.4 Å². The van der Waals surface area contributed by atoms with Crippen molar-refractivity contribution in [3.63, 3.8) is 0 Å². The van der Waals surface area contributed by atoms with Crippen LogP contribution in [0.15, 0.2) is 103 Å². The predicted octanol–water partition coefficient (Wildman–Crippen LogP) is 11.6. The smallest absolute Gasteiger partial charge is 0.262 e. The van der Waals surface area contributed by atoms with Gasteiger partial charge in [-0.25, -0.2) is 0 Å². The van der Waals surface area contributed by atoms with Gasteiger partial charge in [-0.1, -0.05) is 94.3 Å². The van der Waals surface area contributed by atoms with E-state index in [4.69, 9.17) is 19.6 Å². The van der Waals surface area contributed by atoms with E-state index in [1.54, 1.807) is 19.4 Å². The zero-order valence-electron chi connectivity index (χ0n) is 36.9. The van der Waals surface area contributed by atoms with Crippen LogP contribution in [0.5, 0.6) is 17.2 Å². The number of aryl methyl sites for hydroxylation is 2. The number of aromatic hydroxyl groups is 1. The molecule has 0 fully saturated rings. The number of hydrogen-bond donors (Lipinski definition) is 4. The molecular formula is C51H58N4O6Si. The van der Waals surface area contributed by atoms with Gasteiger partial charge in [0.25, 0.3) is 11.8 Å². The van der Waals surface area contributed by atoms with Crippen LogP contribution in [0.25, 0.3) is 22.0 Å². The summed E-state index contributed by atoms with van der Waals surface area (Å²) in [6, 6.07) is 32.9. The molecule has 2 amide bonds. The molecule has 6 aromatic rings. The molecular weight excluding hydrogens is 793 g/mol. The van der Waals surface area contributed by atoms with Gasteiger partial charge >= 0.3 is 0 Å². The number of nitrogens with two attached hydrogens (primary N) is 1. The highest BCUT2D eigenvalue weighted by atomic mass is 28.4. The minimum atomic E-state index is -2.16. The Balaban J connectivity index is 0.981. The zero-order valence-corrected chi connectivity index (χ0v) is 37.9. The second-order valence-electron chi connectivity index (χ2n) is 17.8. The highest BCUT2D eigenvalue weighted by Gasteiger charge is 2.40. The number of fused-ring (bicyclic) bond motifs is 2. The third-order valence-corrected chi connectivity index (χ3v) is 16.8. The third kappa shape index (κ3) is 9.96. The first kappa shape index (κ1) is 43.9. The minimum absolute atomic E-state index is 0.00593. The number of nitrogens with one attached hydrogen (secondary N) is 2. The summed E-state index contributed by atoms with van der Waals surface area (Å²) in [6.07, 6.45) is 6.89. The summed E-state index contributed by atoms with van der Waals surface area (Å²) in [7, 11) is -0.535. The first-order valence-electron chi connectivity index (χ1n) is 21.4. The molecule has 0 radical (unpaired) electrons. The molecule has 7 rings (SSSR count). The number of aromatic nitrogens is 1. The lowest BCUT2D eigenvalue weighted by Gasteiger charge is -2.40. The second kappa shape index (κ2) is 18.4. The molecule has 5 aromatic carbocycles. The van der Waals surface area contributed by atoms with E-state index in [-0.39, 0.29) is 29.4 Å². The first-order valence-corrected chi connectivity index (χ1v) is 24.3. The van der Waals surface area contributed by atoms with E-state index in [1.165, 1.54) is 16.7 Å². The molecule has 0 spiro atoms. The fourth-order valence-electron chi connectivity index (χ4n) is 7.82. The Kier molecular flexibility index (Phi) is 13.1. The maximum Gasteiger partial charge on any atom is 0.262 e. The standard InChI is InChI=1S/C51H58N4O6Si/c1-32-26-35(28-41-46(32)53-30-42(50(52)58)47(41)54-38-13-11-14-39(29-38)59-5)27-34-18-22-37(23-19-34)36-20-16-33(17-21-36)12-9-8-10-15-44(61-62(6,7)51(2,3)4)40-24-25-43(56)48-49(40)60-31-45(57)55-48/h11,13-14,16-26,28-30,44,56H,8-10,12,15,27,31H2,1-7H3,(H2,52,58)(H,53,54)(H,55,57)/t44-/m0/s1. The van der Waals surface area contributed by atoms with E-state index >= 15 is 0 Å². The Morgan fingerprint density at radius 1 is 0.935 bits per heavy atom. The number of nitrogens with zero attached hydrogens (tertiary/aromatic N) is 1. The normalized spacial score (nSPS) is 13.2. The van der Waals surface area contributed by atoms with Gasteiger partial charge in [0.2, 0.25) is 0 Å². The van der Waals surface area contributed by atoms with Crippen LogP contribution in [0.3, 0.4) is 0 Å². The lowest BCUT2D eigenvalue weighted by Crippen LogP contribution is -2.42. The zero-order chi connectivity index (χ0) is 44.2. The maximum atomic E-state index is 12.5. The Hall–Kier alpha value is -6.17. The number of methoxy groups -OCH3 is 1. The van der Waals surface area contributed by atoms with Crippen LogP contribution in [0, 0.1) is 6.92 Å². The monoisotopic (exact) mass is 850 g/mol. The number of phenolic OH excluding ortho intramolecular Hbond substituents is 1. The van der Waals surface area contributed by atoms with Gasteiger partial charge < -0.3 is 35.4 Å². The molecule has 1 aliphatic heterocycles. The predicted molar refractivity (Wildman–Crippen MR) is 251 cm³/mol. The van der Waals surface area contributed by atoms with Crippen molar-refractivity contribution >= 4 is 48.1 Å². The first-order chi connectivity index (χ1) is 29.6. The molecule has 0 aliphatic carbocycles. The van der Waals surface area contributed by atoms with Crippen LogP contribution < -0.4 is 25.8 Å². The number of ether oxygens (including phenoxy) is 2. The number of carbonyl (C=O) groups is 2. The average molecular weight is 851 g/mol. The Bertz CT molecular complexity index is 2580. The molecule has 0 saturated carbocycles. The Morgan fingerprint density at radius 3 is 2.32 bits per heavy atom. The number of amides is 2. The van der Waals surface area contributed by atoms with E-state index in [0.29, 0.717) is 34.9 Å². The van der Waals surface area contributed by atoms with E-state index in [1.807, 2.05) is 37.3 Å². The van der Waals surface area contributed by atoms with Gasteiger partial charge in [0.15, 0.2) is 20.7 Å². The third-order valence-electron chi connectivity index (χ3n) is 12.3. The van der Waals surface area contributed by atoms with Gasteiger partial charge in [-0.2, -0.15) is 0 Å². The number of anilines is 3. The quantitative estimate of drug-likeness (QED) is 0.0428. The van der Waals surface area contributed by atoms with Crippen molar-refractivity contribution in [1.82, 2.24) is 4.98 Å². The summed E-state index contributed by atoms with van der Waals surface area (Å²) >= 11 is 0. The summed E-state index contributed by atoms with van der Waals surface area (Å²) in [5.74, 6) is 0.374. The van der Waals surface area contributed by atoms with Crippen molar-refractivity contribution in [2.45, 2.75) is 90.5 Å². The van der Waals surface area contributed by atoms with Gasteiger partial charge in [0.05, 0.1) is 30.0 Å². The number of primary amides is 1. The molecule has 0 unspecified atom stereocenters. The largest absolute Gasteiger partial charge is 0.506 e. The van der Waals surface area contributed by atoms with Crippen molar-refractivity contribution < 1.29 is 28.6 Å². The molecule has 62 heavy (non-hydrogen) atoms. The van der Waals surface area contributed by atoms with Gasteiger partial charge in [-0.3, -0.25) is 14.6 Å². The maximum absolute atomic E-state index is 12.5. The molecule has 322 valence electrons. The van der Waals surface area contributed by atoms with Crippen LogP contribution in [-0.2, 0) is 22.1 Å². The number of rotatable bonds is 16. The number of carbonyl (C=O) groups excluding carboxylic acids is 2. The summed E-state index contributed by atoms with van der Waals surface area (Å²) < 4.78 is 18.3. The number of benzene rings is 5. The van der Waals surface area contributed by atoms with Crippen LogP contribution in [-0.4, -0.2) is 43.9 Å². The highest BCUT2D eigenvalue weighted by Crippen LogP contribution is 2.47. The van der Waals surface area contributed by atoms with Crippen LogP contribution >= 0.6 is 0 Å². The molecule has 1 atom stereocenters. The van der Waals surface area contributed by atoms with Crippen LogP contribution in [0.1, 0.15) is 90.7 Å². The number of unbranched alkanes of at least 4 members (excludes halogenated alkanes) is 2. The van der Waals surface area contributed by atoms with Crippen molar-refractivity contribution in [3.05, 3.63) is 137 Å². The second-order valence-corrected chi connectivity index (χ2v) is 22.6. The lowest BCUT2D eigenvalue weighted by atomic mass is 9.96. The Labute approximate surface area is 366 Å². The number of phenols is 1. The summed E-state index contributed by atoms with van der Waals surface area (Å²) in [5.41, 5.74) is 16.5. The molecule has 0 bridgehead atoms. The number of hydrogen-bond acceptors (Lipinski definition) is 8. The average Bonchev–Trinajstić information content (AvgIpc) is 3.24. The Morgan fingerprint density at radius 2 is 1.65 bits per heavy atom. The molecule has 11 heteroatoms. The minimum Gasteiger partial charge on any atom is -0.506 e. The number of pyridine rings is 1. The van der Waals surface area contributed by atoms with Crippen LogP contribution in [0.2, 0.25) is 18.1 Å². The lowest BCUT2D eigenvalue weighted by molar-refractivity contribution is -0.118. The van der Waals surface area contributed by atoms with E-state index in [9.17, 15) is 14.7 Å². The van der Waals surface area contributed by atoms with Crippen molar-refractivity contribution in [1.29, 1.82) is 0 Å². The van der Waals surface area contributed by atoms with Gasteiger partial charge in [-0.15, -0.1) is 0 Å². The van der Waals surface area contributed by atoms with Gasteiger partial charge in [0, 0.05) is 28.9 Å². The molecule has 2 heterocycles. The summed E-state index contributed by atoms with van der Waals surface area (Å²) in [4.78, 5) is 29.2. The summed E-state index contributed by atoms with van der Waals surface area (Å²) in [6.45, 7) is 13.2. The molecule has 1 aromatic heterocycles. The topological polar surface area (TPSA) is 145 Å². The van der Waals surface area contributed by atoms with Gasteiger partial charge in [-0.05, 0) is 114 Å². The van der Waals surface area contributed by atoms with Crippen LogP contribution in [0.4, 0.5) is 17.1 Å². The summed E-state index contributed by atoms with van der Waals surface area (Å²) in [5, 5.41) is 17.5. The molecule has 0 saturated heterocycles. The fourth-order valence-corrected chi connectivity index (χ4v) is 9.13. The van der Waals surface area contributed by atoms with E-state index < -0.39 is 14.2 Å². The van der Waals surface area contributed by atoms with Crippen molar-refractivity contribution in [2.24, 2.45) is 5.73 Å². The van der Waals surface area contributed by atoms with Crippen molar-refractivity contribution in [3.8, 4) is 28.4 Å². The molecule has 1 aliphatic rings. The fraction of sp³-hybridized carbons (Fsp3) is 0.314. The molecule has 10 nitrogen and oxygen atoms in total. The highest BCUT2D eigenvalue weighted by molar-refractivity contribution is 6.74. The SMILES string of the molecule is COc1cccc(Nc2c(C(N)=O)cnc3c(C)cc(Cc4ccc(-c5ccc(CCCCC[C@H](O[Si](C)(C)C(C)(C)C)c6ccc(O)c7c6OCC(=O)N7)cc5)cc4)cc23)c1. The molecule has 5 N–H and O–H groups in total. The van der Waals surface area contributed by atoms with Gasteiger partial charge in [0.1, 0.15) is 17.2 Å². The van der Waals surface area contributed by atoms with E-state index in [0.717, 1.165) is 70.9 Å².